The minimum atomic E-state index is -0.610. The molecular formula is C19H19ClN2O2. The van der Waals surface area contributed by atoms with Gasteiger partial charge in [0.2, 0.25) is 0 Å². The average molecular weight is 343 g/mol. The first-order chi connectivity index (χ1) is 11.6. The van der Waals surface area contributed by atoms with E-state index >= 15 is 0 Å². The number of halogens is 1. The molecule has 4 nitrogen and oxygen atoms in total. The third kappa shape index (κ3) is 2.89. The monoisotopic (exact) mass is 342 g/mol. The zero-order valence-corrected chi connectivity index (χ0v) is 14.3. The topological polar surface area (TPSA) is 51.2 Å². The minimum Gasteiger partial charge on any atom is -0.468 e. The van der Waals surface area contributed by atoms with Crippen molar-refractivity contribution in [3.8, 4) is 0 Å². The molecule has 1 fully saturated rings. The molecule has 3 rings (SSSR count). The van der Waals surface area contributed by atoms with Crippen LogP contribution >= 0.6 is 11.6 Å². The summed E-state index contributed by atoms with van der Waals surface area (Å²) in [7, 11) is 1.42. The van der Waals surface area contributed by atoms with Gasteiger partial charge in [0.1, 0.15) is 5.41 Å². The second-order valence-electron chi connectivity index (χ2n) is 5.90. The first-order valence-electron chi connectivity index (χ1n) is 7.84. The van der Waals surface area contributed by atoms with Gasteiger partial charge >= 0.3 is 5.97 Å². The third-order valence-electron chi connectivity index (χ3n) is 4.50. The molecule has 0 atom stereocenters. The summed E-state index contributed by atoms with van der Waals surface area (Å²) in [6.45, 7) is 3.84. The number of anilines is 2. The van der Waals surface area contributed by atoms with E-state index in [2.05, 4.69) is 16.9 Å². The molecule has 1 aliphatic carbocycles. The van der Waals surface area contributed by atoms with Crippen LogP contribution in [0.1, 0.15) is 30.7 Å². The summed E-state index contributed by atoms with van der Waals surface area (Å²) in [5, 5.41) is 3.94. The van der Waals surface area contributed by atoms with Crippen LogP contribution in [0.3, 0.4) is 0 Å². The van der Waals surface area contributed by atoms with Crippen molar-refractivity contribution in [1.29, 1.82) is 0 Å². The van der Waals surface area contributed by atoms with Crippen molar-refractivity contribution in [2.75, 3.05) is 12.4 Å². The summed E-state index contributed by atoms with van der Waals surface area (Å²) >= 11 is 6.02. The van der Waals surface area contributed by atoms with Gasteiger partial charge in [0, 0.05) is 10.7 Å². The molecule has 0 radical (unpaired) electrons. The van der Waals surface area contributed by atoms with Crippen LogP contribution in [0.15, 0.2) is 43.0 Å². The van der Waals surface area contributed by atoms with Gasteiger partial charge in [-0.1, -0.05) is 30.7 Å². The highest BCUT2D eigenvalue weighted by Crippen LogP contribution is 2.44. The van der Waals surface area contributed by atoms with E-state index in [9.17, 15) is 4.79 Å². The molecule has 0 saturated heterocycles. The Balaban J connectivity index is 1.94. The van der Waals surface area contributed by atoms with Crippen LogP contribution in [-0.4, -0.2) is 18.1 Å². The maximum atomic E-state index is 12.2. The lowest BCUT2D eigenvalue weighted by Gasteiger charge is -2.38. The molecule has 1 aromatic heterocycles. The normalized spacial score (nSPS) is 15.2. The number of hydrogen-bond acceptors (Lipinski definition) is 4. The number of rotatable bonds is 5. The Morgan fingerprint density at radius 3 is 2.75 bits per heavy atom. The fraction of sp³-hybridized carbons (Fsp3) is 0.263. The highest BCUT2D eigenvalue weighted by atomic mass is 35.5. The Kier molecular flexibility index (Phi) is 4.58. The maximum Gasteiger partial charge on any atom is 0.317 e. The van der Waals surface area contributed by atoms with E-state index in [0.29, 0.717) is 10.7 Å². The number of ether oxygens (including phenoxy) is 1. The summed E-state index contributed by atoms with van der Waals surface area (Å²) in [5.74, 6) is -0.216. The molecular weight excluding hydrogens is 324 g/mol. The molecule has 5 heteroatoms. The van der Waals surface area contributed by atoms with Crippen molar-refractivity contribution in [2.24, 2.45) is 0 Å². The van der Waals surface area contributed by atoms with Gasteiger partial charge in [-0.25, -0.2) is 0 Å². The van der Waals surface area contributed by atoms with Crippen molar-refractivity contribution in [3.63, 3.8) is 0 Å². The molecule has 0 aliphatic heterocycles. The third-order valence-corrected chi connectivity index (χ3v) is 4.73. The van der Waals surface area contributed by atoms with E-state index in [0.717, 1.165) is 36.3 Å². The van der Waals surface area contributed by atoms with Crippen LogP contribution in [0.25, 0.3) is 6.08 Å². The van der Waals surface area contributed by atoms with Gasteiger partial charge in [0.25, 0.3) is 0 Å². The van der Waals surface area contributed by atoms with Crippen molar-refractivity contribution >= 4 is 35.0 Å². The summed E-state index contributed by atoms with van der Waals surface area (Å²) in [4.78, 5) is 16.9. The highest BCUT2D eigenvalue weighted by Gasteiger charge is 2.48. The van der Waals surface area contributed by atoms with Crippen molar-refractivity contribution < 1.29 is 9.53 Å². The minimum absolute atomic E-state index is 0.216. The van der Waals surface area contributed by atoms with Gasteiger partial charge in [0.05, 0.1) is 24.2 Å². The quantitative estimate of drug-likeness (QED) is 0.799. The number of esters is 1. The van der Waals surface area contributed by atoms with Crippen LogP contribution < -0.4 is 5.32 Å². The number of aromatic nitrogens is 1. The number of pyridine rings is 1. The van der Waals surface area contributed by atoms with E-state index < -0.39 is 5.41 Å². The summed E-state index contributed by atoms with van der Waals surface area (Å²) in [5.41, 5.74) is 2.51. The number of nitrogens with zero attached hydrogens (tertiary/aromatic N) is 1. The first-order valence-corrected chi connectivity index (χ1v) is 8.22. The fourth-order valence-corrected chi connectivity index (χ4v) is 3.21. The zero-order valence-electron chi connectivity index (χ0n) is 13.5. The molecule has 1 saturated carbocycles. The van der Waals surface area contributed by atoms with Crippen LogP contribution in [0.2, 0.25) is 5.02 Å². The van der Waals surface area contributed by atoms with Gasteiger partial charge in [-0.05, 0) is 49.2 Å². The summed E-state index contributed by atoms with van der Waals surface area (Å²) < 4.78 is 4.99. The van der Waals surface area contributed by atoms with E-state index in [4.69, 9.17) is 16.3 Å². The molecule has 1 N–H and O–H groups in total. The van der Waals surface area contributed by atoms with E-state index in [1.54, 1.807) is 6.08 Å². The molecule has 1 aromatic carbocycles. The Morgan fingerprint density at radius 1 is 1.38 bits per heavy atom. The first kappa shape index (κ1) is 16.5. The Bertz CT molecular complexity index is 785. The standard InChI is InChI=1S/C19H19ClN2O2/c1-3-15-16(21-14-7-4-6-13(20)12-14)8-9-17(22-15)19(10-5-11-19)18(23)24-2/h3-4,6-9,12,21H,1,5,10-11H2,2H3. The molecule has 0 bridgehead atoms. The zero-order chi connectivity index (χ0) is 17.2. The second-order valence-corrected chi connectivity index (χ2v) is 6.33. The van der Waals surface area contributed by atoms with Gasteiger partial charge in [-0.15, -0.1) is 0 Å². The number of methoxy groups -OCH3 is 1. The molecule has 1 aliphatic rings. The van der Waals surface area contributed by atoms with Gasteiger partial charge < -0.3 is 10.1 Å². The number of nitrogens with one attached hydrogen (secondary N) is 1. The summed E-state index contributed by atoms with van der Waals surface area (Å²) in [6.07, 6.45) is 4.22. The lowest BCUT2D eigenvalue weighted by Crippen LogP contribution is -2.44. The maximum absolute atomic E-state index is 12.2. The number of benzene rings is 1. The van der Waals surface area contributed by atoms with E-state index in [1.165, 1.54) is 7.11 Å². The van der Waals surface area contributed by atoms with Crippen LogP contribution in [-0.2, 0) is 14.9 Å². The lowest BCUT2D eigenvalue weighted by molar-refractivity contribution is -0.151. The van der Waals surface area contributed by atoms with E-state index in [-0.39, 0.29) is 5.97 Å². The molecule has 124 valence electrons. The summed E-state index contributed by atoms with van der Waals surface area (Å²) in [6, 6.07) is 11.3. The Hall–Kier alpha value is -2.33. The van der Waals surface area contributed by atoms with Crippen molar-refractivity contribution in [1.82, 2.24) is 4.98 Å². The van der Waals surface area contributed by atoms with Gasteiger partial charge in [-0.3, -0.25) is 9.78 Å². The second kappa shape index (κ2) is 6.65. The molecule has 24 heavy (non-hydrogen) atoms. The highest BCUT2D eigenvalue weighted by molar-refractivity contribution is 6.30. The Labute approximate surface area is 146 Å². The predicted molar refractivity (Wildman–Crippen MR) is 96.6 cm³/mol. The van der Waals surface area contributed by atoms with Gasteiger partial charge in [0.15, 0.2) is 0 Å². The molecule has 0 spiro atoms. The predicted octanol–water partition coefficient (Wildman–Crippen LogP) is 4.72. The van der Waals surface area contributed by atoms with Crippen molar-refractivity contribution in [3.05, 3.63) is 59.4 Å². The fourth-order valence-electron chi connectivity index (χ4n) is 3.02. The largest absolute Gasteiger partial charge is 0.468 e. The Morgan fingerprint density at radius 2 is 2.17 bits per heavy atom. The van der Waals surface area contributed by atoms with Crippen LogP contribution in [0.5, 0.6) is 0 Å². The number of carbonyl (C=O) groups excluding carboxylic acids is 1. The lowest BCUT2D eigenvalue weighted by atomic mass is 9.66. The molecule has 0 amide bonds. The van der Waals surface area contributed by atoms with Crippen LogP contribution in [0, 0.1) is 0 Å². The van der Waals surface area contributed by atoms with E-state index in [1.807, 2.05) is 36.4 Å². The molecule has 1 heterocycles. The SMILES string of the molecule is C=Cc1nc(C2(C(=O)OC)CCC2)ccc1Nc1cccc(Cl)c1. The molecule has 0 unspecified atom stereocenters. The number of hydrogen-bond donors (Lipinski definition) is 1. The van der Waals surface area contributed by atoms with Gasteiger partial charge in [-0.2, -0.15) is 0 Å². The van der Waals surface area contributed by atoms with Crippen molar-refractivity contribution in [2.45, 2.75) is 24.7 Å². The molecule has 2 aromatic rings. The smallest absolute Gasteiger partial charge is 0.317 e. The van der Waals surface area contributed by atoms with Crippen LogP contribution in [0.4, 0.5) is 11.4 Å². The number of carbonyl (C=O) groups is 1. The average Bonchev–Trinajstić information content (AvgIpc) is 2.54.